The van der Waals surface area contributed by atoms with Crippen LogP contribution < -0.4 is 5.06 Å². The van der Waals surface area contributed by atoms with E-state index in [1.54, 1.807) is 46.6 Å². The maximum atomic E-state index is 13.6. The molecule has 0 unspecified atom stereocenters. The van der Waals surface area contributed by atoms with Crippen molar-refractivity contribution in [3.05, 3.63) is 64.8 Å². The van der Waals surface area contributed by atoms with Crippen molar-refractivity contribution in [1.29, 1.82) is 0 Å². The third-order valence-electron chi connectivity index (χ3n) is 5.04. The number of hydrogen-bond acceptors (Lipinski definition) is 7. The van der Waals surface area contributed by atoms with Crippen molar-refractivity contribution in [2.75, 3.05) is 24.8 Å². The van der Waals surface area contributed by atoms with Crippen LogP contribution >= 0.6 is 11.6 Å². The lowest BCUT2D eigenvalue weighted by molar-refractivity contribution is 0.0600. The number of halogens is 1. The lowest BCUT2D eigenvalue weighted by Gasteiger charge is -2.26. The number of hydroxylamine groups is 1. The van der Waals surface area contributed by atoms with Gasteiger partial charge in [-0.2, -0.15) is 0 Å². The predicted molar refractivity (Wildman–Crippen MR) is 118 cm³/mol. The maximum Gasteiger partial charge on any atom is 0.255 e. The molecule has 1 fully saturated rings. The number of aryl methyl sites for hydroxylation is 2. The standard InChI is InChI=1S/C22H23ClN6O2/c1-14-11-20(27-16(3)26-14)29-10-9-28(15(2)13-31-29)22(30)19-12-17(23)5-6-18(19)21-24-7-4-8-25-21/h4-8,11-12,15H,9-10,13H2,1-3H3/t15-/m1/s1. The molecule has 3 aromatic rings. The van der Waals surface area contributed by atoms with Crippen molar-refractivity contribution in [2.24, 2.45) is 0 Å². The van der Waals surface area contributed by atoms with E-state index in [1.165, 1.54) is 0 Å². The van der Waals surface area contributed by atoms with Gasteiger partial charge in [0.2, 0.25) is 0 Å². The highest BCUT2D eigenvalue weighted by Gasteiger charge is 2.29. The largest absolute Gasteiger partial charge is 0.332 e. The number of amides is 1. The summed E-state index contributed by atoms with van der Waals surface area (Å²) in [7, 11) is 0. The summed E-state index contributed by atoms with van der Waals surface area (Å²) in [6, 6.07) is 8.65. The topological polar surface area (TPSA) is 84.3 Å². The molecule has 0 aliphatic carbocycles. The number of benzene rings is 1. The monoisotopic (exact) mass is 438 g/mol. The zero-order valence-corrected chi connectivity index (χ0v) is 18.4. The van der Waals surface area contributed by atoms with Gasteiger partial charge in [-0.15, -0.1) is 0 Å². The van der Waals surface area contributed by atoms with Gasteiger partial charge in [0.15, 0.2) is 11.6 Å². The second-order valence-corrected chi connectivity index (χ2v) is 7.86. The molecule has 1 aliphatic heterocycles. The first kappa shape index (κ1) is 21.1. The second-order valence-electron chi connectivity index (χ2n) is 7.42. The molecular weight excluding hydrogens is 416 g/mol. The molecule has 0 radical (unpaired) electrons. The fraction of sp³-hybridized carbons (Fsp3) is 0.318. The van der Waals surface area contributed by atoms with Crippen molar-refractivity contribution in [3.63, 3.8) is 0 Å². The van der Waals surface area contributed by atoms with E-state index in [0.717, 1.165) is 5.69 Å². The molecule has 160 valence electrons. The fourth-order valence-corrected chi connectivity index (χ4v) is 3.73. The molecule has 0 saturated carbocycles. The Balaban J connectivity index is 1.61. The van der Waals surface area contributed by atoms with Gasteiger partial charge in [0.25, 0.3) is 5.91 Å². The summed E-state index contributed by atoms with van der Waals surface area (Å²) in [5.74, 6) is 1.70. The van der Waals surface area contributed by atoms with Crippen LogP contribution in [0.2, 0.25) is 5.02 Å². The Hall–Kier alpha value is -3.10. The molecule has 31 heavy (non-hydrogen) atoms. The minimum absolute atomic E-state index is 0.141. The van der Waals surface area contributed by atoms with Gasteiger partial charge in [0.1, 0.15) is 5.82 Å². The number of anilines is 1. The number of aromatic nitrogens is 4. The SMILES string of the molecule is Cc1cc(N2CCN(C(=O)c3cc(Cl)ccc3-c3ncccn3)[C@H](C)CO2)nc(C)n1. The van der Waals surface area contributed by atoms with Crippen molar-refractivity contribution in [1.82, 2.24) is 24.8 Å². The molecule has 1 aromatic carbocycles. The first-order valence-corrected chi connectivity index (χ1v) is 10.4. The van der Waals surface area contributed by atoms with Gasteiger partial charge in [0, 0.05) is 41.3 Å². The van der Waals surface area contributed by atoms with Crippen molar-refractivity contribution >= 4 is 23.3 Å². The average molecular weight is 439 g/mol. The summed E-state index contributed by atoms with van der Waals surface area (Å²) < 4.78 is 0. The predicted octanol–water partition coefficient (Wildman–Crippen LogP) is 3.49. The van der Waals surface area contributed by atoms with E-state index < -0.39 is 0 Å². The van der Waals surface area contributed by atoms with Gasteiger partial charge in [-0.25, -0.2) is 25.0 Å². The Morgan fingerprint density at radius 2 is 1.90 bits per heavy atom. The van der Waals surface area contributed by atoms with Gasteiger partial charge in [0.05, 0.1) is 24.8 Å². The Bertz CT molecular complexity index is 1070. The normalized spacial score (nSPS) is 16.8. The van der Waals surface area contributed by atoms with E-state index in [0.29, 0.717) is 53.3 Å². The van der Waals surface area contributed by atoms with Crippen LogP contribution in [0.3, 0.4) is 0 Å². The van der Waals surface area contributed by atoms with E-state index in [1.807, 2.05) is 26.8 Å². The zero-order valence-electron chi connectivity index (χ0n) is 17.6. The van der Waals surface area contributed by atoms with Crippen LogP contribution in [0.5, 0.6) is 0 Å². The Morgan fingerprint density at radius 3 is 2.65 bits per heavy atom. The summed E-state index contributed by atoms with van der Waals surface area (Å²) >= 11 is 6.23. The smallest absolute Gasteiger partial charge is 0.255 e. The minimum atomic E-state index is -0.148. The summed E-state index contributed by atoms with van der Waals surface area (Å²) in [5.41, 5.74) is 1.97. The number of rotatable bonds is 3. The van der Waals surface area contributed by atoms with Crippen LogP contribution in [0.4, 0.5) is 5.82 Å². The molecule has 8 nitrogen and oxygen atoms in total. The molecule has 0 bridgehead atoms. The highest BCUT2D eigenvalue weighted by atomic mass is 35.5. The van der Waals surface area contributed by atoms with Crippen LogP contribution in [-0.4, -0.2) is 56.5 Å². The van der Waals surface area contributed by atoms with E-state index in [-0.39, 0.29) is 11.9 Å². The van der Waals surface area contributed by atoms with Gasteiger partial charge >= 0.3 is 0 Å². The number of carbonyl (C=O) groups excluding carboxylic acids is 1. The molecule has 1 atom stereocenters. The third-order valence-corrected chi connectivity index (χ3v) is 5.27. The van der Waals surface area contributed by atoms with E-state index in [4.69, 9.17) is 16.4 Å². The number of carbonyl (C=O) groups is 1. The summed E-state index contributed by atoms with van der Waals surface area (Å²) in [6.45, 7) is 7.00. The van der Waals surface area contributed by atoms with E-state index >= 15 is 0 Å². The lowest BCUT2D eigenvalue weighted by Crippen LogP contribution is -2.41. The third kappa shape index (κ3) is 4.65. The van der Waals surface area contributed by atoms with E-state index in [9.17, 15) is 4.79 Å². The van der Waals surface area contributed by atoms with Crippen LogP contribution in [0.1, 0.15) is 28.8 Å². The van der Waals surface area contributed by atoms with Crippen molar-refractivity contribution < 1.29 is 9.63 Å². The van der Waals surface area contributed by atoms with Crippen LogP contribution in [0.25, 0.3) is 11.4 Å². The summed E-state index contributed by atoms with van der Waals surface area (Å²) in [4.78, 5) is 38.7. The number of nitrogens with zero attached hydrogens (tertiary/aromatic N) is 6. The quantitative estimate of drug-likeness (QED) is 0.618. The highest BCUT2D eigenvalue weighted by Crippen LogP contribution is 2.26. The maximum absolute atomic E-state index is 13.6. The molecule has 1 aliphatic rings. The van der Waals surface area contributed by atoms with Gasteiger partial charge in [-0.05, 0) is 45.0 Å². The minimum Gasteiger partial charge on any atom is -0.332 e. The Kier molecular flexibility index (Phi) is 6.11. The first-order chi connectivity index (χ1) is 14.9. The van der Waals surface area contributed by atoms with Gasteiger partial charge in [-0.1, -0.05) is 11.6 Å². The summed E-state index contributed by atoms with van der Waals surface area (Å²) in [6.07, 6.45) is 3.30. The number of hydrogen-bond donors (Lipinski definition) is 0. The Morgan fingerprint density at radius 1 is 1.13 bits per heavy atom. The van der Waals surface area contributed by atoms with E-state index in [2.05, 4.69) is 19.9 Å². The molecular formula is C22H23ClN6O2. The van der Waals surface area contributed by atoms with Crippen LogP contribution in [-0.2, 0) is 4.84 Å². The highest BCUT2D eigenvalue weighted by molar-refractivity contribution is 6.31. The van der Waals surface area contributed by atoms with Crippen LogP contribution in [0, 0.1) is 13.8 Å². The molecule has 2 aromatic heterocycles. The zero-order chi connectivity index (χ0) is 22.0. The van der Waals surface area contributed by atoms with Crippen molar-refractivity contribution in [2.45, 2.75) is 26.8 Å². The fourth-order valence-electron chi connectivity index (χ4n) is 3.56. The van der Waals surface area contributed by atoms with Crippen molar-refractivity contribution in [3.8, 4) is 11.4 Å². The van der Waals surface area contributed by atoms with Crippen LogP contribution in [0.15, 0.2) is 42.7 Å². The molecule has 1 amide bonds. The molecule has 9 heteroatoms. The molecule has 0 N–H and O–H groups in total. The molecule has 1 saturated heterocycles. The van der Waals surface area contributed by atoms with Gasteiger partial charge in [-0.3, -0.25) is 9.63 Å². The average Bonchev–Trinajstić information content (AvgIpc) is 2.95. The van der Waals surface area contributed by atoms with Gasteiger partial charge < -0.3 is 4.90 Å². The molecule has 0 spiro atoms. The first-order valence-electron chi connectivity index (χ1n) is 10.0. The molecule has 3 heterocycles. The second kappa shape index (κ2) is 8.95. The summed E-state index contributed by atoms with van der Waals surface area (Å²) in [5, 5.41) is 2.21. The Labute approximate surface area is 185 Å². The lowest BCUT2D eigenvalue weighted by atomic mass is 10.0. The molecule has 4 rings (SSSR count).